The molecule has 2 amide bonds. The van der Waals surface area contributed by atoms with Crippen LogP contribution in [0.4, 0.5) is 5.69 Å². The molecule has 5 nitrogen and oxygen atoms in total. The SMILES string of the molecule is CN1CCC(Nc2ccc(C(=O)N3CCCCC3)c(Cl)c2)C1=O. The molecule has 1 atom stereocenters. The van der Waals surface area contributed by atoms with Crippen LogP contribution in [-0.4, -0.2) is 54.3 Å². The molecule has 6 heteroatoms. The standard InChI is InChI=1S/C17H22ClN3O2/c1-20-10-7-15(17(20)23)19-12-5-6-13(14(18)11-12)16(22)21-8-3-2-4-9-21/h5-6,11,15,19H,2-4,7-10H2,1H3. The first-order valence-electron chi connectivity index (χ1n) is 8.16. The van der Waals surface area contributed by atoms with Gasteiger partial charge in [0.1, 0.15) is 6.04 Å². The van der Waals surface area contributed by atoms with E-state index in [0.717, 1.165) is 44.6 Å². The van der Waals surface area contributed by atoms with Crippen molar-refractivity contribution in [3.05, 3.63) is 28.8 Å². The Balaban J connectivity index is 1.70. The number of carbonyl (C=O) groups is 2. The van der Waals surface area contributed by atoms with Crippen LogP contribution in [0.25, 0.3) is 0 Å². The third-order valence-electron chi connectivity index (χ3n) is 4.61. The van der Waals surface area contributed by atoms with E-state index >= 15 is 0 Å². The van der Waals surface area contributed by atoms with Gasteiger partial charge in [-0.15, -0.1) is 0 Å². The van der Waals surface area contributed by atoms with Crippen molar-refractivity contribution < 1.29 is 9.59 Å². The van der Waals surface area contributed by atoms with Gasteiger partial charge >= 0.3 is 0 Å². The third-order valence-corrected chi connectivity index (χ3v) is 4.92. The van der Waals surface area contributed by atoms with Crippen molar-refractivity contribution in [1.82, 2.24) is 9.80 Å². The van der Waals surface area contributed by atoms with Gasteiger partial charge in [-0.1, -0.05) is 11.6 Å². The molecule has 124 valence electrons. The van der Waals surface area contributed by atoms with E-state index in [1.165, 1.54) is 6.42 Å². The maximum atomic E-state index is 12.5. The lowest BCUT2D eigenvalue weighted by Gasteiger charge is -2.27. The normalized spacial score (nSPS) is 21.7. The van der Waals surface area contributed by atoms with E-state index in [-0.39, 0.29) is 17.9 Å². The Morgan fingerprint density at radius 1 is 1.22 bits per heavy atom. The summed E-state index contributed by atoms with van der Waals surface area (Å²) in [4.78, 5) is 28.1. The highest BCUT2D eigenvalue weighted by molar-refractivity contribution is 6.34. The summed E-state index contributed by atoms with van der Waals surface area (Å²) >= 11 is 6.31. The molecule has 0 saturated carbocycles. The van der Waals surface area contributed by atoms with E-state index in [1.54, 1.807) is 24.1 Å². The quantitative estimate of drug-likeness (QED) is 0.923. The zero-order valence-corrected chi connectivity index (χ0v) is 14.1. The topological polar surface area (TPSA) is 52.7 Å². The van der Waals surface area contributed by atoms with Gasteiger partial charge < -0.3 is 15.1 Å². The molecule has 0 spiro atoms. The molecule has 0 aromatic heterocycles. The van der Waals surface area contributed by atoms with Gasteiger partial charge in [0.05, 0.1) is 10.6 Å². The Bertz CT molecular complexity index is 614. The van der Waals surface area contributed by atoms with Crippen LogP contribution in [0.3, 0.4) is 0 Å². The van der Waals surface area contributed by atoms with E-state index in [1.807, 2.05) is 11.0 Å². The highest BCUT2D eigenvalue weighted by Gasteiger charge is 2.29. The predicted molar refractivity (Wildman–Crippen MR) is 90.9 cm³/mol. The summed E-state index contributed by atoms with van der Waals surface area (Å²) in [7, 11) is 1.80. The molecule has 2 heterocycles. The molecule has 0 radical (unpaired) electrons. The van der Waals surface area contributed by atoms with Crippen molar-refractivity contribution in [2.45, 2.75) is 31.7 Å². The van der Waals surface area contributed by atoms with Crippen molar-refractivity contribution in [3.63, 3.8) is 0 Å². The minimum atomic E-state index is -0.209. The molecule has 2 fully saturated rings. The van der Waals surface area contributed by atoms with Gasteiger partial charge in [-0.3, -0.25) is 9.59 Å². The van der Waals surface area contributed by atoms with E-state index in [2.05, 4.69) is 5.32 Å². The van der Waals surface area contributed by atoms with Gasteiger partial charge in [0.15, 0.2) is 0 Å². The molecule has 0 aliphatic carbocycles. The lowest BCUT2D eigenvalue weighted by molar-refractivity contribution is -0.127. The molecule has 23 heavy (non-hydrogen) atoms. The van der Waals surface area contributed by atoms with Crippen molar-refractivity contribution >= 4 is 29.1 Å². The first-order chi connectivity index (χ1) is 11.1. The number of amides is 2. The first-order valence-corrected chi connectivity index (χ1v) is 8.54. The Morgan fingerprint density at radius 2 is 1.96 bits per heavy atom. The summed E-state index contributed by atoms with van der Waals surface area (Å²) in [6.45, 7) is 2.37. The largest absolute Gasteiger partial charge is 0.374 e. The smallest absolute Gasteiger partial charge is 0.255 e. The summed E-state index contributed by atoms with van der Waals surface area (Å²) in [5, 5.41) is 3.64. The summed E-state index contributed by atoms with van der Waals surface area (Å²) in [5.41, 5.74) is 1.31. The number of hydrogen-bond donors (Lipinski definition) is 1. The molecular weight excluding hydrogens is 314 g/mol. The molecule has 1 N–H and O–H groups in total. The summed E-state index contributed by atoms with van der Waals surface area (Å²) in [6.07, 6.45) is 4.08. The van der Waals surface area contributed by atoms with Gasteiger partial charge in [-0.05, 0) is 43.9 Å². The number of anilines is 1. The molecular formula is C17H22ClN3O2. The minimum absolute atomic E-state index is 0.00192. The Hall–Kier alpha value is -1.75. The van der Waals surface area contributed by atoms with Crippen molar-refractivity contribution in [2.24, 2.45) is 0 Å². The molecule has 1 unspecified atom stereocenters. The number of carbonyl (C=O) groups excluding carboxylic acids is 2. The van der Waals surface area contributed by atoms with Gasteiger partial charge in [-0.25, -0.2) is 0 Å². The van der Waals surface area contributed by atoms with Crippen LogP contribution >= 0.6 is 11.6 Å². The molecule has 2 aliphatic heterocycles. The number of nitrogens with zero attached hydrogens (tertiary/aromatic N) is 2. The molecule has 1 aromatic carbocycles. The summed E-state index contributed by atoms with van der Waals surface area (Å²) in [6, 6.07) is 5.11. The zero-order chi connectivity index (χ0) is 16.4. The van der Waals surface area contributed by atoms with Crippen LogP contribution in [0.2, 0.25) is 5.02 Å². The van der Waals surface area contributed by atoms with Gasteiger partial charge in [0.25, 0.3) is 5.91 Å². The van der Waals surface area contributed by atoms with Crippen LogP contribution in [0.1, 0.15) is 36.0 Å². The van der Waals surface area contributed by atoms with Gasteiger partial charge in [-0.2, -0.15) is 0 Å². The van der Waals surface area contributed by atoms with Crippen molar-refractivity contribution in [1.29, 1.82) is 0 Å². The monoisotopic (exact) mass is 335 g/mol. The zero-order valence-electron chi connectivity index (χ0n) is 13.3. The lowest BCUT2D eigenvalue weighted by atomic mass is 10.1. The predicted octanol–water partition coefficient (Wildman–Crippen LogP) is 2.61. The fourth-order valence-electron chi connectivity index (χ4n) is 3.20. The van der Waals surface area contributed by atoms with Crippen LogP contribution < -0.4 is 5.32 Å². The number of hydrogen-bond acceptors (Lipinski definition) is 3. The first kappa shape index (κ1) is 16.1. The van der Waals surface area contributed by atoms with Crippen LogP contribution in [0.15, 0.2) is 18.2 Å². The van der Waals surface area contributed by atoms with Gasteiger partial charge in [0, 0.05) is 32.4 Å². The lowest BCUT2D eigenvalue weighted by Crippen LogP contribution is -2.35. The maximum absolute atomic E-state index is 12.5. The Labute approximate surface area is 141 Å². The van der Waals surface area contributed by atoms with Gasteiger partial charge in [0.2, 0.25) is 5.91 Å². The second kappa shape index (κ2) is 6.79. The highest BCUT2D eigenvalue weighted by Crippen LogP contribution is 2.25. The second-order valence-corrected chi connectivity index (χ2v) is 6.70. The Kier molecular flexibility index (Phi) is 4.76. The third kappa shape index (κ3) is 3.44. The number of piperidine rings is 1. The second-order valence-electron chi connectivity index (χ2n) is 6.29. The fourth-order valence-corrected chi connectivity index (χ4v) is 3.46. The van der Waals surface area contributed by atoms with Crippen LogP contribution in [0.5, 0.6) is 0 Å². The molecule has 2 aliphatic rings. The van der Waals surface area contributed by atoms with Crippen LogP contribution in [0, 0.1) is 0 Å². The molecule has 2 saturated heterocycles. The van der Waals surface area contributed by atoms with E-state index in [9.17, 15) is 9.59 Å². The van der Waals surface area contributed by atoms with Crippen LogP contribution in [-0.2, 0) is 4.79 Å². The molecule has 3 rings (SSSR count). The van der Waals surface area contributed by atoms with E-state index in [0.29, 0.717) is 10.6 Å². The average Bonchev–Trinajstić information content (AvgIpc) is 2.87. The average molecular weight is 336 g/mol. The number of rotatable bonds is 3. The number of likely N-dealkylation sites (tertiary alicyclic amines) is 2. The minimum Gasteiger partial charge on any atom is -0.374 e. The van der Waals surface area contributed by atoms with Crippen molar-refractivity contribution in [3.8, 4) is 0 Å². The number of nitrogens with one attached hydrogen (secondary N) is 1. The van der Waals surface area contributed by atoms with E-state index in [4.69, 9.17) is 11.6 Å². The number of benzene rings is 1. The number of halogens is 1. The molecule has 0 bridgehead atoms. The molecule has 1 aromatic rings. The fraction of sp³-hybridized carbons (Fsp3) is 0.529. The maximum Gasteiger partial charge on any atom is 0.255 e. The summed E-state index contributed by atoms with van der Waals surface area (Å²) < 4.78 is 0. The van der Waals surface area contributed by atoms with E-state index < -0.39 is 0 Å². The highest BCUT2D eigenvalue weighted by atomic mass is 35.5. The number of likely N-dealkylation sites (N-methyl/N-ethyl adjacent to an activating group) is 1. The Morgan fingerprint density at radius 3 is 2.57 bits per heavy atom. The van der Waals surface area contributed by atoms with Crippen molar-refractivity contribution in [2.75, 3.05) is 32.0 Å². The summed E-state index contributed by atoms with van der Waals surface area (Å²) in [5.74, 6) is 0.0903.